The van der Waals surface area contributed by atoms with Crippen LogP contribution in [-0.4, -0.2) is 96.7 Å². The number of carbonyl (C=O) groups is 4. The summed E-state index contributed by atoms with van der Waals surface area (Å²) in [6, 6.07) is 0. The van der Waals surface area contributed by atoms with E-state index < -0.39 is 97.5 Å². The van der Waals surface area contributed by atoms with Crippen LogP contribution in [0.3, 0.4) is 0 Å². The van der Waals surface area contributed by atoms with Gasteiger partial charge in [0.25, 0.3) is 0 Å². The van der Waals surface area contributed by atoms with Gasteiger partial charge in [-0.1, -0.05) is 361 Å². The van der Waals surface area contributed by atoms with Crippen LogP contribution in [0, 0.1) is 11.8 Å². The van der Waals surface area contributed by atoms with Gasteiger partial charge in [0.15, 0.2) is 12.2 Å². The van der Waals surface area contributed by atoms with Crippen molar-refractivity contribution in [3.05, 3.63) is 24.3 Å². The van der Waals surface area contributed by atoms with Gasteiger partial charge in [-0.3, -0.25) is 37.3 Å². The van der Waals surface area contributed by atoms with E-state index in [2.05, 4.69) is 65.8 Å². The number of aliphatic hydroxyl groups excluding tert-OH is 1. The minimum absolute atomic E-state index is 0.0845. The second-order valence-electron chi connectivity index (χ2n) is 30.1. The van der Waals surface area contributed by atoms with Crippen molar-refractivity contribution in [3.63, 3.8) is 0 Å². The average Bonchev–Trinajstić information content (AvgIpc) is 0.908. The SMILES string of the molecule is CCCCCC/C=C\C=C/CCCCCCCC(=O)O[C@H](COC(=O)CCCCCCCCCC(C)C)COP(=O)(O)OC[C@H](O)COP(=O)(O)OC[C@@H](COC(=O)CCCCCCCCCCCCCCCCCCCC)OC(=O)CCCCCCCCCCCCCCCCCCC(C)C. The van der Waals surface area contributed by atoms with Gasteiger partial charge in [-0.2, -0.15) is 0 Å². The van der Waals surface area contributed by atoms with Crippen LogP contribution in [0.4, 0.5) is 0 Å². The van der Waals surface area contributed by atoms with Crippen LogP contribution in [0.1, 0.15) is 414 Å². The van der Waals surface area contributed by atoms with Gasteiger partial charge in [0, 0.05) is 25.7 Å². The molecule has 0 aliphatic rings. The van der Waals surface area contributed by atoms with Crippen molar-refractivity contribution in [1.29, 1.82) is 0 Å². The predicted octanol–water partition coefficient (Wildman–Crippen LogP) is 24.6. The molecule has 602 valence electrons. The first-order valence-electron chi connectivity index (χ1n) is 42.3. The first kappa shape index (κ1) is 99.5. The number of phosphoric acid groups is 2. The Morgan fingerprint density at radius 2 is 0.529 bits per heavy atom. The summed E-state index contributed by atoms with van der Waals surface area (Å²) in [5, 5.41) is 10.6. The number of hydrogen-bond acceptors (Lipinski definition) is 15. The third kappa shape index (κ3) is 75.8. The summed E-state index contributed by atoms with van der Waals surface area (Å²) in [5.41, 5.74) is 0. The highest BCUT2D eigenvalue weighted by Gasteiger charge is 2.30. The molecule has 5 atom stereocenters. The van der Waals surface area contributed by atoms with Crippen molar-refractivity contribution < 1.29 is 80.2 Å². The maximum atomic E-state index is 13.1. The molecule has 0 fully saturated rings. The zero-order chi connectivity index (χ0) is 74.9. The van der Waals surface area contributed by atoms with Crippen LogP contribution < -0.4 is 0 Å². The monoisotopic (exact) mass is 1490 g/mol. The minimum Gasteiger partial charge on any atom is -0.462 e. The summed E-state index contributed by atoms with van der Waals surface area (Å²) in [6.45, 7) is 9.55. The van der Waals surface area contributed by atoms with Gasteiger partial charge in [0.1, 0.15) is 19.3 Å². The first-order chi connectivity index (χ1) is 49.4. The molecule has 17 nitrogen and oxygen atoms in total. The summed E-state index contributed by atoms with van der Waals surface area (Å²) in [7, 11) is -9.94. The normalized spacial score (nSPS) is 14.0. The number of allylic oxidation sites excluding steroid dienone is 4. The lowest BCUT2D eigenvalue weighted by molar-refractivity contribution is -0.161. The van der Waals surface area contributed by atoms with Crippen LogP contribution in [0.5, 0.6) is 0 Å². The lowest BCUT2D eigenvalue weighted by atomic mass is 10.0. The Morgan fingerprint density at radius 3 is 0.804 bits per heavy atom. The molecule has 0 saturated carbocycles. The van der Waals surface area contributed by atoms with Crippen LogP contribution in [-0.2, 0) is 65.4 Å². The molecule has 102 heavy (non-hydrogen) atoms. The van der Waals surface area contributed by atoms with Crippen LogP contribution in [0.2, 0.25) is 0 Å². The van der Waals surface area contributed by atoms with Gasteiger partial charge < -0.3 is 33.8 Å². The van der Waals surface area contributed by atoms with Crippen LogP contribution in [0.15, 0.2) is 24.3 Å². The number of esters is 4. The van der Waals surface area contributed by atoms with E-state index in [4.69, 9.17) is 37.0 Å². The molecule has 19 heteroatoms. The number of phosphoric ester groups is 2. The molecule has 0 heterocycles. The molecule has 0 radical (unpaired) electrons. The summed E-state index contributed by atoms with van der Waals surface area (Å²) in [4.78, 5) is 73.1. The van der Waals surface area contributed by atoms with Crippen molar-refractivity contribution in [2.24, 2.45) is 11.8 Å². The van der Waals surface area contributed by atoms with Gasteiger partial charge in [-0.15, -0.1) is 0 Å². The van der Waals surface area contributed by atoms with Crippen molar-refractivity contribution in [2.75, 3.05) is 39.6 Å². The molecule has 0 amide bonds. The molecule has 0 saturated heterocycles. The number of hydrogen-bond donors (Lipinski definition) is 3. The highest BCUT2D eigenvalue weighted by atomic mass is 31.2. The standard InChI is InChI=1S/C83H158O17P2/c1-7-9-11-13-15-17-19-21-23-24-25-30-33-37-41-47-53-59-65-80(85)93-71-78(99-82(87)68-62-56-49-43-39-35-31-27-26-29-32-36-40-45-51-57-63-75(3)4)73-97-101(89,90)95-69-77(84)70-96-102(91,92)98-74-79(72-94-81(86)66-60-54-50-44-46-52-58-64-76(5)6)100-83(88)67-61-55-48-42-38-34-28-22-20-18-16-14-12-10-8-2/h18,20,22,28,75-79,84H,7-17,19,21,23-27,29-74H2,1-6H3,(H,89,90)(H,91,92)/b20-18-,28-22-/t77-,78-,79-/m1/s1. The smallest absolute Gasteiger partial charge is 0.462 e. The quantitative estimate of drug-likeness (QED) is 0.0169. The highest BCUT2D eigenvalue weighted by Crippen LogP contribution is 2.45. The number of rotatable bonds is 80. The molecule has 0 bridgehead atoms. The minimum atomic E-state index is -4.97. The van der Waals surface area contributed by atoms with E-state index in [1.54, 1.807) is 0 Å². The van der Waals surface area contributed by atoms with Crippen molar-refractivity contribution >= 4 is 39.5 Å². The third-order valence-corrected chi connectivity index (χ3v) is 20.7. The van der Waals surface area contributed by atoms with E-state index in [0.717, 1.165) is 115 Å². The van der Waals surface area contributed by atoms with Crippen LogP contribution in [0.25, 0.3) is 0 Å². The van der Waals surface area contributed by atoms with Gasteiger partial charge in [0.2, 0.25) is 0 Å². The Hall–Kier alpha value is -2.46. The molecule has 0 aromatic heterocycles. The molecular formula is C83H158O17P2. The maximum Gasteiger partial charge on any atom is 0.472 e. The Morgan fingerprint density at radius 1 is 0.304 bits per heavy atom. The largest absolute Gasteiger partial charge is 0.472 e. The highest BCUT2D eigenvalue weighted by molar-refractivity contribution is 7.47. The molecule has 0 aromatic rings. The Balaban J connectivity index is 5.27. The van der Waals surface area contributed by atoms with Gasteiger partial charge in [-0.25, -0.2) is 9.13 Å². The van der Waals surface area contributed by atoms with Gasteiger partial charge >= 0.3 is 39.5 Å². The average molecular weight is 1490 g/mol. The van der Waals surface area contributed by atoms with E-state index in [-0.39, 0.29) is 25.7 Å². The molecule has 3 N–H and O–H groups in total. The lowest BCUT2D eigenvalue weighted by Gasteiger charge is -2.21. The number of unbranched alkanes of at least 4 members (excludes halogenated alkanes) is 47. The van der Waals surface area contributed by atoms with Gasteiger partial charge in [-0.05, 0) is 63.2 Å². The van der Waals surface area contributed by atoms with Crippen molar-refractivity contribution in [2.45, 2.75) is 432 Å². The predicted molar refractivity (Wildman–Crippen MR) is 418 cm³/mol. The number of aliphatic hydroxyl groups is 1. The molecule has 0 aromatic carbocycles. The molecule has 0 rings (SSSR count). The van der Waals surface area contributed by atoms with Crippen molar-refractivity contribution in [3.8, 4) is 0 Å². The summed E-state index contributed by atoms with van der Waals surface area (Å²) in [6.07, 6.45) is 67.5. The molecule has 2 unspecified atom stereocenters. The molecule has 0 aliphatic heterocycles. The summed E-state index contributed by atoms with van der Waals surface area (Å²) >= 11 is 0. The Bertz CT molecular complexity index is 2050. The van der Waals surface area contributed by atoms with Crippen LogP contribution >= 0.6 is 15.6 Å². The van der Waals surface area contributed by atoms with Crippen molar-refractivity contribution in [1.82, 2.24) is 0 Å². The number of ether oxygens (including phenoxy) is 4. The zero-order valence-corrected chi connectivity index (χ0v) is 68.2. The third-order valence-electron chi connectivity index (χ3n) is 18.8. The summed E-state index contributed by atoms with van der Waals surface area (Å²) in [5.74, 6) is -0.628. The Labute approximate surface area is 624 Å². The number of carbonyl (C=O) groups excluding carboxylic acids is 4. The van der Waals surface area contributed by atoms with E-state index in [1.807, 2.05) is 0 Å². The second-order valence-corrected chi connectivity index (χ2v) is 33.0. The topological polar surface area (TPSA) is 237 Å². The fourth-order valence-electron chi connectivity index (χ4n) is 12.3. The first-order valence-corrected chi connectivity index (χ1v) is 45.3. The molecule has 0 spiro atoms. The fourth-order valence-corrected chi connectivity index (χ4v) is 13.9. The summed E-state index contributed by atoms with van der Waals surface area (Å²) < 4.78 is 68.7. The van der Waals surface area contributed by atoms with E-state index in [9.17, 15) is 43.2 Å². The second kappa shape index (κ2) is 74.0. The maximum absolute atomic E-state index is 13.1. The zero-order valence-electron chi connectivity index (χ0n) is 66.4. The van der Waals surface area contributed by atoms with E-state index in [1.165, 1.54) is 212 Å². The van der Waals surface area contributed by atoms with E-state index in [0.29, 0.717) is 31.6 Å². The van der Waals surface area contributed by atoms with E-state index >= 15 is 0 Å². The molecule has 0 aliphatic carbocycles. The fraction of sp³-hybridized carbons (Fsp3) is 0.904. The lowest BCUT2D eigenvalue weighted by Crippen LogP contribution is -2.30. The Kier molecular flexibility index (Phi) is 72.2. The van der Waals surface area contributed by atoms with Gasteiger partial charge in [0.05, 0.1) is 26.4 Å². The molecular weight excluding hydrogens is 1330 g/mol.